The Labute approximate surface area is 196 Å². The molecule has 0 aliphatic heterocycles. The van der Waals surface area contributed by atoms with Gasteiger partial charge in [-0.15, -0.1) is 0 Å². The van der Waals surface area contributed by atoms with Crippen molar-refractivity contribution < 1.29 is 42.6 Å². The van der Waals surface area contributed by atoms with Crippen molar-refractivity contribution in [3.63, 3.8) is 0 Å². The summed E-state index contributed by atoms with van der Waals surface area (Å²) in [5, 5.41) is 36.0. The molecule has 1 aromatic carbocycles. The van der Waals surface area contributed by atoms with Crippen LogP contribution in [0.5, 0.6) is 5.75 Å². The second-order valence-corrected chi connectivity index (χ2v) is 7.87. The Morgan fingerprint density at radius 1 is 1.17 bits per heavy atom. The number of aromatic nitrogens is 3. The van der Waals surface area contributed by atoms with Gasteiger partial charge in [0.05, 0.1) is 17.0 Å². The monoisotopic (exact) mass is 496 g/mol. The van der Waals surface area contributed by atoms with Crippen molar-refractivity contribution in [2.75, 3.05) is 6.54 Å². The molecule has 1 aliphatic carbocycles. The number of carboxylic acid groups (broad SMARTS) is 2. The van der Waals surface area contributed by atoms with E-state index in [9.17, 15) is 28.2 Å². The number of aryl methyl sites for hydroxylation is 4. The van der Waals surface area contributed by atoms with Gasteiger partial charge in [0, 0.05) is 23.2 Å². The summed E-state index contributed by atoms with van der Waals surface area (Å²) in [6, 6.07) is 3.60. The van der Waals surface area contributed by atoms with Crippen LogP contribution in [-0.2, 0) is 24.2 Å². The number of aromatic carboxylic acids is 1. The Kier molecular flexibility index (Phi) is 7.19. The van der Waals surface area contributed by atoms with Crippen LogP contribution >= 0.6 is 0 Å². The highest BCUT2D eigenvalue weighted by Gasteiger charge is 2.38. The lowest BCUT2D eigenvalue weighted by Gasteiger charge is -2.18. The standard InChI is InChI=1S/C20H22N4O4.C2HF3O2/c1-10-17(11(2)28-23-10)15-9-14-12(8-16(15)25)4-5-13-18(14)22-24(7-3-6-21)19(13)20(26)27;3-2(4,5)1(6)7/h8-9,25H,3-7,21H2,1-2H3,(H,26,27);(H,6,7). The number of halogens is 3. The molecule has 1 aliphatic rings. The maximum absolute atomic E-state index is 11.9. The summed E-state index contributed by atoms with van der Waals surface area (Å²) >= 11 is 0. The van der Waals surface area contributed by atoms with E-state index in [0.717, 1.165) is 22.3 Å². The molecule has 2 heterocycles. The minimum Gasteiger partial charge on any atom is -0.507 e. The minimum absolute atomic E-state index is 0.151. The Hall–Kier alpha value is -3.87. The minimum atomic E-state index is -5.08. The summed E-state index contributed by atoms with van der Waals surface area (Å²) in [6.07, 6.45) is -3.23. The molecule has 0 atom stereocenters. The molecular weight excluding hydrogens is 473 g/mol. The van der Waals surface area contributed by atoms with Gasteiger partial charge < -0.3 is 25.6 Å². The first-order valence-corrected chi connectivity index (χ1v) is 10.5. The molecule has 2 aromatic heterocycles. The molecule has 0 unspecified atom stereocenters. The Morgan fingerprint density at radius 3 is 2.34 bits per heavy atom. The van der Waals surface area contributed by atoms with Gasteiger partial charge in [0.1, 0.15) is 17.2 Å². The highest BCUT2D eigenvalue weighted by molar-refractivity contribution is 5.92. The van der Waals surface area contributed by atoms with Gasteiger partial charge >= 0.3 is 18.1 Å². The fourth-order valence-corrected chi connectivity index (χ4v) is 3.98. The van der Waals surface area contributed by atoms with E-state index in [0.29, 0.717) is 55.1 Å². The lowest BCUT2D eigenvalue weighted by molar-refractivity contribution is -0.192. The number of aromatic hydroxyl groups is 1. The molecule has 188 valence electrons. The number of aliphatic carboxylic acids is 1. The zero-order valence-electron chi connectivity index (χ0n) is 18.8. The number of phenols is 1. The largest absolute Gasteiger partial charge is 0.507 e. The van der Waals surface area contributed by atoms with Crippen molar-refractivity contribution in [2.45, 2.75) is 45.8 Å². The molecule has 0 saturated carbocycles. The number of carboxylic acids is 2. The van der Waals surface area contributed by atoms with Crippen LogP contribution in [-0.4, -0.2) is 54.9 Å². The molecule has 0 spiro atoms. The van der Waals surface area contributed by atoms with E-state index in [1.807, 2.05) is 13.0 Å². The smallest absolute Gasteiger partial charge is 0.490 e. The third-order valence-electron chi connectivity index (χ3n) is 5.49. The number of benzene rings is 1. The molecule has 10 nitrogen and oxygen atoms in total. The zero-order chi connectivity index (χ0) is 26.1. The molecular formula is C22H23F3N4O6. The summed E-state index contributed by atoms with van der Waals surface area (Å²) < 4.78 is 38.5. The number of nitrogens with zero attached hydrogens (tertiary/aromatic N) is 3. The SMILES string of the molecule is Cc1noc(C)c1-c1cc2c(cc1O)CCc1c-2nn(CCCN)c1C(=O)O.O=C(O)C(F)(F)F. The fraction of sp³-hybridized carbons (Fsp3) is 0.364. The lowest BCUT2D eigenvalue weighted by Crippen LogP contribution is -2.21. The highest BCUT2D eigenvalue weighted by Crippen LogP contribution is 2.42. The van der Waals surface area contributed by atoms with E-state index in [-0.39, 0.29) is 11.4 Å². The second-order valence-electron chi connectivity index (χ2n) is 7.87. The van der Waals surface area contributed by atoms with Gasteiger partial charge in [-0.2, -0.15) is 18.3 Å². The molecule has 35 heavy (non-hydrogen) atoms. The number of hydrogen-bond donors (Lipinski definition) is 4. The average Bonchev–Trinajstić information content (AvgIpc) is 3.31. The number of nitrogens with two attached hydrogens (primary N) is 1. The predicted molar refractivity (Wildman–Crippen MR) is 116 cm³/mol. The number of rotatable bonds is 5. The Morgan fingerprint density at radius 2 is 1.83 bits per heavy atom. The molecule has 3 aromatic rings. The Balaban J connectivity index is 0.000000429. The third-order valence-corrected chi connectivity index (χ3v) is 5.49. The van der Waals surface area contributed by atoms with Crippen molar-refractivity contribution in [3.8, 4) is 28.1 Å². The first kappa shape index (κ1) is 25.7. The number of hydrogen-bond acceptors (Lipinski definition) is 7. The number of phenolic OH excluding ortho intramolecular Hbond substituents is 1. The van der Waals surface area contributed by atoms with Gasteiger partial charge in [0.15, 0.2) is 0 Å². The average molecular weight is 496 g/mol. The first-order valence-electron chi connectivity index (χ1n) is 10.5. The van der Waals surface area contributed by atoms with Crippen molar-refractivity contribution >= 4 is 11.9 Å². The van der Waals surface area contributed by atoms with Crippen molar-refractivity contribution in [1.29, 1.82) is 0 Å². The summed E-state index contributed by atoms with van der Waals surface area (Å²) in [5.74, 6) is -2.98. The molecule has 0 saturated heterocycles. The van der Waals surface area contributed by atoms with Crippen LogP contribution in [0.1, 0.15) is 39.5 Å². The first-order chi connectivity index (χ1) is 16.4. The molecule has 4 rings (SSSR count). The van der Waals surface area contributed by atoms with Crippen LogP contribution in [0.4, 0.5) is 13.2 Å². The predicted octanol–water partition coefficient (Wildman–Crippen LogP) is 3.31. The summed E-state index contributed by atoms with van der Waals surface area (Å²) in [4.78, 5) is 20.8. The van der Waals surface area contributed by atoms with E-state index in [1.54, 1.807) is 13.0 Å². The maximum atomic E-state index is 11.9. The Bertz CT molecular complexity index is 1260. The topological polar surface area (TPSA) is 165 Å². The van der Waals surface area contributed by atoms with Crippen molar-refractivity contribution in [3.05, 3.63) is 40.4 Å². The van der Waals surface area contributed by atoms with Gasteiger partial charge in [-0.25, -0.2) is 9.59 Å². The van der Waals surface area contributed by atoms with E-state index < -0.39 is 18.1 Å². The molecule has 0 radical (unpaired) electrons. The quantitative estimate of drug-likeness (QED) is 0.415. The van der Waals surface area contributed by atoms with Crippen molar-refractivity contribution in [1.82, 2.24) is 14.9 Å². The highest BCUT2D eigenvalue weighted by atomic mass is 19.4. The summed E-state index contributed by atoms with van der Waals surface area (Å²) in [6.45, 7) is 4.53. The lowest BCUT2D eigenvalue weighted by atomic mass is 9.86. The van der Waals surface area contributed by atoms with E-state index in [1.165, 1.54) is 4.68 Å². The third kappa shape index (κ3) is 5.14. The van der Waals surface area contributed by atoms with Crippen LogP contribution in [0.15, 0.2) is 16.7 Å². The van der Waals surface area contributed by atoms with Gasteiger partial charge in [-0.05, 0) is 57.4 Å². The van der Waals surface area contributed by atoms with Crippen LogP contribution in [0.25, 0.3) is 22.4 Å². The van der Waals surface area contributed by atoms with Gasteiger partial charge in [-0.3, -0.25) is 4.68 Å². The van der Waals surface area contributed by atoms with E-state index in [2.05, 4.69) is 10.3 Å². The maximum Gasteiger partial charge on any atom is 0.490 e. The number of carbonyl (C=O) groups is 2. The fourth-order valence-electron chi connectivity index (χ4n) is 3.98. The summed E-state index contributed by atoms with van der Waals surface area (Å²) in [5.41, 5.74) is 11.0. The number of fused-ring (bicyclic) bond motifs is 3. The zero-order valence-corrected chi connectivity index (χ0v) is 18.8. The van der Waals surface area contributed by atoms with Gasteiger partial charge in [0.2, 0.25) is 0 Å². The molecule has 5 N–H and O–H groups in total. The van der Waals surface area contributed by atoms with Crippen LogP contribution in [0, 0.1) is 13.8 Å². The normalized spacial score (nSPS) is 12.4. The van der Waals surface area contributed by atoms with Gasteiger partial charge in [0.25, 0.3) is 0 Å². The summed E-state index contributed by atoms with van der Waals surface area (Å²) in [7, 11) is 0. The number of alkyl halides is 3. The molecule has 0 amide bonds. The van der Waals surface area contributed by atoms with Crippen molar-refractivity contribution in [2.24, 2.45) is 5.73 Å². The van der Waals surface area contributed by atoms with E-state index in [4.69, 9.17) is 20.2 Å². The van der Waals surface area contributed by atoms with Crippen LogP contribution in [0.2, 0.25) is 0 Å². The van der Waals surface area contributed by atoms with Crippen LogP contribution in [0.3, 0.4) is 0 Å². The second kappa shape index (κ2) is 9.78. The van der Waals surface area contributed by atoms with Crippen LogP contribution < -0.4 is 5.73 Å². The molecule has 13 heteroatoms. The van der Waals surface area contributed by atoms with Gasteiger partial charge in [-0.1, -0.05) is 5.16 Å². The molecule has 0 bridgehead atoms. The van der Waals surface area contributed by atoms with E-state index >= 15 is 0 Å². The molecule has 0 fully saturated rings.